The predicted molar refractivity (Wildman–Crippen MR) is 88.5 cm³/mol. The first-order chi connectivity index (χ1) is 9.47. The Morgan fingerprint density at radius 1 is 1.30 bits per heavy atom. The van der Waals surface area contributed by atoms with Gasteiger partial charge in [0.2, 0.25) is 0 Å². The molecule has 1 amide bonds. The highest BCUT2D eigenvalue weighted by atomic mass is 79.9. The summed E-state index contributed by atoms with van der Waals surface area (Å²) in [6, 6.07) is 9.93. The summed E-state index contributed by atoms with van der Waals surface area (Å²) in [5, 5.41) is 5.51. The number of rotatable bonds is 4. The summed E-state index contributed by atoms with van der Waals surface area (Å²) < 4.78 is 1.11. The molecule has 2 aromatic rings. The molecule has 0 bridgehead atoms. The second kappa shape index (κ2) is 6.41. The van der Waals surface area contributed by atoms with Crippen LogP contribution >= 0.6 is 27.3 Å². The molecule has 2 rings (SSSR count). The van der Waals surface area contributed by atoms with Gasteiger partial charge in [0.05, 0.1) is 6.04 Å². The quantitative estimate of drug-likeness (QED) is 0.884. The summed E-state index contributed by atoms with van der Waals surface area (Å²) >= 11 is 5.18. The Labute approximate surface area is 131 Å². The fourth-order valence-electron chi connectivity index (χ4n) is 1.84. The van der Waals surface area contributed by atoms with Gasteiger partial charge in [-0.25, -0.2) is 0 Å². The van der Waals surface area contributed by atoms with Crippen molar-refractivity contribution in [2.45, 2.75) is 13.0 Å². The molecule has 0 aliphatic heterocycles. The molecule has 5 heteroatoms. The van der Waals surface area contributed by atoms with Crippen LogP contribution in [0.25, 0.3) is 0 Å². The van der Waals surface area contributed by atoms with Crippen LogP contribution < -0.4 is 5.32 Å². The van der Waals surface area contributed by atoms with Gasteiger partial charge < -0.3 is 10.2 Å². The summed E-state index contributed by atoms with van der Waals surface area (Å²) in [6.07, 6.45) is 0. The number of benzene rings is 1. The van der Waals surface area contributed by atoms with E-state index < -0.39 is 0 Å². The number of halogens is 1. The van der Waals surface area contributed by atoms with Crippen molar-refractivity contribution in [1.29, 1.82) is 0 Å². The van der Waals surface area contributed by atoms with Crippen molar-refractivity contribution < 1.29 is 4.79 Å². The smallest absolute Gasteiger partial charge is 0.253 e. The zero-order chi connectivity index (χ0) is 14.7. The van der Waals surface area contributed by atoms with E-state index in [1.165, 1.54) is 4.88 Å². The molecule has 106 valence electrons. The number of amides is 1. The monoisotopic (exact) mass is 352 g/mol. The van der Waals surface area contributed by atoms with Crippen LogP contribution in [0.3, 0.4) is 0 Å². The lowest BCUT2D eigenvalue weighted by Gasteiger charge is -2.15. The highest BCUT2D eigenvalue weighted by Crippen LogP contribution is 2.27. The maximum Gasteiger partial charge on any atom is 0.253 e. The van der Waals surface area contributed by atoms with Crippen LogP contribution in [0.5, 0.6) is 0 Å². The van der Waals surface area contributed by atoms with Crippen molar-refractivity contribution in [2.24, 2.45) is 0 Å². The Kier molecular flexibility index (Phi) is 4.83. The van der Waals surface area contributed by atoms with Crippen molar-refractivity contribution in [1.82, 2.24) is 4.90 Å². The average molecular weight is 353 g/mol. The molecule has 1 N–H and O–H groups in total. The van der Waals surface area contributed by atoms with Crippen LogP contribution in [0.15, 0.2) is 40.2 Å². The van der Waals surface area contributed by atoms with E-state index >= 15 is 0 Å². The van der Waals surface area contributed by atoms with Gasteiger partial charge in [-0.3, -0.25) is 4.79 Å². The van der Waals surface area contributed by atoms with E-state index in [1.807, 2.05) is 24.3 Å². The number of anilines is 1. The molecule has 1 unspecified atom stereocenters. The zero-order valence-corrected chi connectivity index (χ0v) is 14.1. The highest BCUT2D eigenvalue weighted by Gasteiger charge is 2.10. The molecule has 20 heavy (non-hydrogen) atoms. The van der Waals surface area contributed by atoms with Gasteiger partial charge in [-0.15, -0.1) is 11.3 Å². The second-order valence-corrected chi connectivity index (χ2v) is 6.67. The summed E-state index contributed by atoms with van der Waals surface area (Å²) in [4.78, 5) is 14.7. The molecular formula is C15H17BrN2OS. The van der Waals surface area contributed by atoms with Gasteiger partial charge in [0.25, 0.3) is 5.91 Å². The maximum atomic E-state index is 11.8. The van der Waals surface area contributed by atoms with E-state index in [9.17, 15) is 4.79 Å². The molecule has 1 atom stereocenters. The van der Waals surface area contributed by atoms with Crippen LogP contribution in [-0.4, -0.2) is 24.9 Å². The van der Waals surface area contributed by atoms with Crippen LogP contribution in [0.1, 0.15) is 28.2 Å². The van der Waals surface area contributed by atoms with Crippen molar-refractivity contribution >= 4 is 38.9 Å². The average Bonchev–Trinajstić information content (AvgIpc) is 2.85. The summed E-state index contributed by atoms with van der Waals surface area (Å²) in [7, 11) is 3.51. The van der Waals surface area contributed by atoms with Crippen LogP contribution in [-0.2, 0) is 0 Å². The van der Waals surface area contributed by atoms with Crippen molar-refractivity contribution in [3.8, 4) is 0 Å². The minimum Gasteiger partial charge on any atom is -0.378 e. The molecule has 1 aromatic carbocycles. The Morgan fingerprint density at radius 3 is 2.45 bits per heavy atom. The van der Waals surface area contributed by atoms with Gasteiger partial charge in [-0.05, 0) is 53.2 Å². The predicted octanol–water partition coefficient (Wildman–Crippen LogP) is 4.39. The minimum absolute atomic E-state index is 0.0202. The van der Waals surface area contributed by atoms with E-state index in [0.29, 0.717) is 5.56 Å². The molecule has 1 aromatic heterocycles. The van der Waals surface area contributed by atoms with Gasteiger partial charge in [-0.1, -0.05) is 0 Å². The van der Waals surface area contributed by atoms with Gasteiger partial charge in [-0.2, -0.15) is 0 Å². The molecule has 0 fully saturated rings. The summed E-state index contributed by atoms with van der Waals surface area (Å²) in [5.74, 6) is 0.0202. The number of carbonyl (C=O) groups excluding carboxylic acids is 1. The topological polar surface area (TPSA) is 32.3 Å². The lowest BCUT2D eigenvalue weighted by molar-refractivity contribution is 0.0827. The third-order valence-corrected chi connectivity index (χ3v) is 4.81. The molecule has 0 aliphatic carbocycles. The number of nitrogens with zero attached hydrogens (tertiary/aromatic N) is 1. The third-order valence-electron chi connectivity index (χ3n) is 2.94. The largest absolute Gasteiger partial charge is 0.378 e. The van der Waals surface area contributed by atoms with E-state index in [-0.39, 0.29) is 11.9 Å². The van der Waals surface area contributed by atoms with Crippen LogP contribution in [0.2, 0.25) is 0 Å². The maximum absolute atomic E-state index is 11.8. The Bertz CT molecular complexity index is 592. The molecule has 0 saturated heterocycles. The van der Waals surface area contributed by atoms with E-state index in [1.54, 1.807) is 30.3 Å². The second-order valence-electron chi connectivity index (χ2n) is 4.81. The van der Waals surface area contributed by atoms with E-state index in [0.717, 1.165) is 10.2 Å². The van der Waals surface area contributed by atoms with Gasteiger partial charge in [0.1, 0.15) is 0 Å². The lowest BCUT2D eigenvalue weighted by atomic mass is 10.1. The number of hydrogen-bond donors (Lipinski definition) is 1. The molecule has 1 heterocycles. The molecule has 3 nitrogen and oxygen atoms in total. The standard InChI is InChI=1S/C15H17BrN2OS/c1-10(14-8-12(16)9-20-14)17-13-6-4-11(5-7-13)15(19)18(2)3/h4-10,17H,1-3H3. The molecular weight excluding hydrogens is 336 g/mol. The lowest BCUT2D eigenvalue weighted by Crippen LogP contribution is -2.21. The Hall–Kier alpha value is -1.33. The number of nitrogens with one attached hydrogen (secondary N) is 1. The van der Waals surface area contributed by atoms with Gasteiger partial charge in [0, 0.05) is 40.1 Å². The zero-order valence-electron chi connectivity index (χ0n) is 11.7. The summed E-state index contributed by atoms with van der Waals surface area (Å²) in [5.41, 5.74) is 1.71. The third kappa shape index (κ3) is 3.61. The number of carbonyl (C=O) groups is 1. The Morgan fingerprint density at radius 2 is 1.95 bits per heavy atom. The molecule has 0 aliphatic rings. The van der Waals surface area contributed by atoms with Crippen LogP contribution in [0, 0.1) is 0 Å². The molecule has 0 spiro atoms. The molecule has 0 radical (unpaired) electrons. The number of hydrogen-bond acceptors (Lipinski definition) is 3. The highest BCUT2D eigenvalue weighted by molar-refractivity contribution is 9.10. The normalized spacial score (nSPS) is 12.0. The van der Waals surface area contributed by atoms with E-state index in [2.05, 4.69) is 39.6 Å². The van der Waals surface area contributed by atoms with Crippen LogP contribution in [0.4, 0.5) is 5.69 Å². The van der Waals surface area contributed by atoms with Crippen molar-refractivity contribution in [3.05, 3.63) is 50.6 Å². The molecule has 0 saturated carbocycles. The number of thiophene rings is 1. The van der Waals surface area contributed by atoms with Crippen molar-refractivity contribution in [3.63, 3.8) is 0 Å². The fourth-order valence-corrected chi connectivity index (χ4v) is 3.30. The van der Waals surface area contributed by atoms with Crippen molar-refractivity contribution in [2.75, 3.05) is 19.4 Å². The first kappa shape index (κ1) is 15.1. The first-order valence-corrected chi connectivity index (χ1v) is 7.97. The van der Waals surface area contributed by atoms with E-state index in [4.69, 9.17) is 0 Å². The van der Waals surface area contributed by atoms with Gasteiger partial charge in [0.15, 0.2) is 0 Å². The van der Waals surface area contributed by atoms with Gasteiger partial charge >= 0.3 is 0 Å². The minimum atomic E-state index is 0.0202. The SMILES string of the molecule is CC(Nc1ccc(C(=O)N(C)C)cc1)c1cc(Br)cs1. The Balaban J connectivity index is 2.05. The first-order valence-electron chi connectivity index (χ1n) is 6.29. The fraction of sp³-hybridized carbons (Fsp3) is 0.267. The summed E-state index contributed by atoms with van der Waals surface area (Å²) in [6.45, 7) is 2.12.